The summed E-state index contributed by atoms with van der Waals surface area (Å²) in [4.78, 5) is 133. The zero-order chi connectivity index (χ0) is 76.2. The molecule has 30 nitrogen and oxygen atoms in total. The fourth-order valence-electron chi connectivity index (χ4n) is 6.73. The molecule has 0 spiro atoms. The molecule has 557 valence electrons. The number of benzene rings is 5. The van der Waals surface area contributed by atoms with Gasteiger partial charge >= 0.3 is 82.9 Å². The number of nitrogens with one attached hydrogen (secondary N) is 5. The molecule has 2 amide bonds. The number of hydrogen-bond donors (Lipinski definition) is 8. The molecule has 0 bridgehead atoms. The van der Waals surface area contributed by atoms with Gasteiger partial charge in [-0.1, -0.05) is 65.4 Å². The van der Waals surface area contributed by atoms with Gasteiger partial charge in [-0.25, -0.2) is 40.3 Å². The molecule has 3 radical (unpaired) electrons. The van der Waals surface area contributed by atoms with Gasteiger partial charge in [0, 0.05) is 69.2 Å². The molecule has 0 aliphatic rings. The van der Waals surface area contributed by atoms with Crippen LogP contribution in [0.1, 0.15) is 43.8 Å². The molecule has 3 heterocycles. The number of hydrazine groups is 1. The number of nitrogens with zero attached hydrogens (tertiary/aromatic N) is 7. The van der Waals surface area contributed by atoms with E-state index in [9.17, 15) is 83.9 Å². The Morgan fingerprint density at radius 2 is 0.942 bits per heavy atom. The molecule has 1 unspecified atom stereocenters. The van der Waals surface area contributed by atoms with Crippen LogP contribution in [-0.2, 0) is 67.4 Å². The smallest absolute Gasteiger partial charge is 1.00 e. The first-order valence-electron chi connectivity index (χ1n) is 27.5. The van der Waals surface area contributed by atoms with Gasteiger partial charge in [0.25, 0.3) is 17.6 Å². The predicted octanol–water partition coefficient (Wildman–Crippen LogP) is 4.86. The number of nitrogen functional groups attached to an aromatic ring is 1. The minimum Gasteiger partial charge on any atom is -1.00 e. The number of nitrogens with two attached hydrogens (primary N) is 1. The number of aliphatic hydroxyl groups excluding tert-OH is 1. The SMILES string of the molecule is C.COC(=O)CCC(=O)CNC(=O)c1ccc(Cl)cc1.COC(=O)CCl.COC(=O)CN=C=O.NNC(=O)c1ccc(Cl)cc1.O=C(Cn1c(-c2ccc(Cl)cc2)n[nH]c1=O)C(F)(F)F.O=C(O)Cn1c(-c2ccc(Cl)cc2)n[nH]c1=O.O=c1[nH]nc(-c2ccc(Cl)cc2)n1CC(O)C(F)(F)F.[2HH].[B].[H-].[Na+]. The van der Waals surface area contributed by atoms with Crippen molar-refractivity contribution >= 4 is 131 Å². The summed E-state index contributed by atoms with van der Waals surface area (Å²) >= 11 is 33.4. The molecular formula is C60H62BCl6F6N13NaO17. The maximum Gasteiger partial charge on any atom is 1.00 e. The second-order valence-corrected chi connectivity index (χ2v) is 21.2. The number of carbonyl (C=O) groups is 8. The number of esters is 3. The minimum absolute atomic E-state index is 0. The first-order chi connectivity index (χ1) is 47.5. The number of carboxylic acid groups (broad SMARTS) is 1. The number of Topliss-reactive ketones (excluding diaryl/α,β-unsaturated/α-hetero) is 2. The zero-order valence-electron chi connectivity index (χ0n) is 54.6. The van der Waals surface area contributed by atoms with Crippen molar-refractivity contribution in [2.75, 3.05) is 40.3 Å². The monoisotopic (exact) mass is 1600 g/mol. The Morgan fingerprint density at radius 3 is 1.26 bits per heavy atom. The number of aromatic nitrogens is 9. The number of hydrogen-bond acceptors (Lipinski definition) is 21. The summed E-state index contributed by atoms with van der Waals surface area (Å²) in [6.07, 6.45) is -11.2. The van der Waals surface area contributed by atoms with Crippen LogP contribution in [0.5, 0.6) is 0 Å². The van der Waals surface area contributed by atoms with Gasteiger partial charge in [-0.2, -0.15) is 46.6 Å². The van der Waals surface area contributed by atoms with Crippen molar-refractivity contribution in [3.8, 4) is 34.2 Å². The van der Waals surface area contributed by atoms with E-state index in [1.807, 2.05) is 10.5 Å². The number of H-pyrrole nitrogens is 3. The normalized spacial score (nSPS) is 10.3. The summed E-state index contributed by atoms with van der Waals surface area (Å²) in [6.45, 7) is -2.85. The molecule has 8 aromatic rings. The van der Waals surface area contributed by atoms with Crippen LogP contribution < -0.4 is 63.2 Å². The molecule has 8 rings (SSSR count). The number of aliphatic hydroxyl groups is 1. The van der Waals surface area contributed by atoms with E-state index in [1.54, 1.807) is 72.8 Å². The molecule has 0 saturated heterocycles. The number of carbonyl (C=O) groups excluding carboxylic acids is 8. The standard InChI is InChI=1S/C13H14ClNO4.C11H9ClF3N3O2.C11H7ClF3N3O2.C10H8ClN3O3.C7H7ClN2O.C4H5NO3.C3H5ClO2.CH4.B.Na.H2.H/c1-19-12(17)7-6-11(16)8-15-13(18)9-2-4-10(14)5-3-9;2*12-7-3-1-6(2-4-7)9-16-17-10(20)18(9)5-8(19)11(13,14)15;11-7-3-1-6(2-4-7)9-12-13-10(17)14(9)5-8(15)16;8-6-3-1-5(2-4-6)7(11)10-9;1-8-4(7)2-5-3-6;1-6-3(5)2-4;;;;;/h2-5H,6-8H2,1H3,(H,15,18);1-4,8,19H,5H2,(H,17,20);1-4H,5H2,(H,17,20);1-4H,5H2,(H,13,17)(H,15,16);1-4H,9H2,(H,10,11);2H2,1H3;2H2,1H3;1H4;;;1H;/q;;;;;;;;;+1;;-1/i;;;;;;;;;;1+1;. The number of methoxy groups -OCH3 is 3. The average molecular weight is 1600 g/mol. The molecule has 104 heavy (non-hydrogen) atoms. The molecule has 0 saturated carbocycles. The summed E-state index contributed by atoms with van der Waals surface area (Å²) in [5.41, 5.74) is 2.04. The van der Waals surface area contributed by atoms with E-state index in [-0.39, 0.29) is 115 Å². The molecule has 1 atom stereocenters. The fraction of sp³-hybridized carbons (Fsp3) is 0.250. The van der Waals surface area contributed by atoms with Gasteiger partial charge in [-0.15, -0.1) is 11.6 Å². The summed E-state index contributed by atoms with van der Waals surface area (Å²) < 4.78 is 88.9. The second-order valence-electron chi connectivity index (χ2n) is 18.7. The van der Waals surface area contributed by atoms with E-state index in [4.69, 9.17) is 85.7 Å². The Morgan fingerprint density at radius 1 is 0.596 bits per heavy atom. The average Bonchev–Trinajstić information content (AvgIpc) is 1.68. The number of aliphatic carboxylic acids is 1. The van der Waals surface area contributed by atoms with Crippen molar-refractivity contribution in [2.24, 2.45) is 10.8 Å². The third-order valence-electron chi connectivity index (χ3n) is 11.7. The number of aliphatic imine (C=N–C) groups is 1. The van der Waals surface area contributed by atoms with Gasteiger partial charge in [0.15, 0.2) is 29.4 Å². The van der Waals surface area contributed by atoms with Crippen molar-refractivity contribution in [3.05, 3.63) is 189 Å². The van der Waals surface area contributed by atoms with Crippen LogP contribution in [0.4, 0.5) is 26.3 Å². The largest absolute Gasteiger partial charge is 1.00 e. The summed E-state index contributed by atoms with van der Waals surface area (Å²) in [5.74, 6) is -0.364. The maximum absolute atomic E-state index is 12.3. The number of halogens is 12. The second kappa shape index (κ2) is 49.4. The number of rotatable bonds is 19. The Bertz CT molecular complexity index is 4290. The molecule has 44 heteroatoms. The molecule has 0 fully saturated rings. The van der Waals surface area contributed by atoms with Crippen molar-refractivity contribution in [3.63, 3.8) is 0 Å². The van der Waals surface area contributed by atoms with Crippen LogP contribution >= 0.6 is 69.6 Å². The van der Waals surface area contributed by atoms with E-state index in [1.165, 1.54) is 75.9 Å². The first kappa shape index (κ1) is 96.8. The van der Waals surface area contributed by atoms with Crippen LogP contribution in [0.25, 0.3) is 34.2 Å². The Labute approximate surface area is 641 Å². The van der Waals surface area contributed by atoms with E-state index < -0.39 is 84.8 Å². The van der Waals surface area contributed by atoms with Gasteiger partial charge in [0.2, 0.25) is 6.08 Å². The van der Waals surface area contributed by atoms with Crippen LogP contribution in [0.3, 0.4) is 0 Å². The summed E-state index contributed by atoms with van der Waals surface area (Å²) in [6, 6.07) is 31.4. The van der Waals surface area contributed by atoms with Crippen molar-refractivity contribution in [1.29, 1.82) is 0 Å². The van der Waals surface area contributed by atoms with E-state index in [2.05, 4.69) is 50.0 Å². The number of isocyanates is 1. The maximum atomic E-state index is 12.3. The van der Waals surface area contributed by atoms with E-state index in [0.29, 0.717) is 57.5 Å². The minimum atomic E-state index is -5.01. The third-order valence-corrected chi connectivity index (χ3v) is 13.2. The van der Waals surface area contributed by atoms with Crippen LogP contribution in [0.2, 0.25) is 25.1 Å². The Hall–Kier alpha value is -9.24. The first-order valence-corrected chi connectivity index (χ1v) is 29.9. The summed E-state index contributed by atoms with van der Waals surface area (Å²) in [7, 11) is 3.78. The van der Waals surface area contributed by atoms with Crippen LogP contribution in [-0.4, -0.2) is 175 Å². The van der Waals surface area contributed by atoms with Gasteiger partial charge in [-0.05, 0) is 121 Å². The molecule has 0 aliphatic heterocycles. The van der Waals surface area contributed by atoms with Crippen molar-refractivity contribution < 1.29 is 126 Å². The Kier molecular flexibility index (Phi) is 46.0. The van der Waals surface area contributed by atoms with Gasteiger partial charge in [0.05, 0.1) is 47.4 Å². The number of amides is 2. The molecular weight excluding hydrogens is 1540 g/mol. The number of ketones is 2. The fourth-order valence-corrected chi connectivity index (χ4v) is 7.47. The number of alkyl halides is 7. The Balaban J connectivity index is -0.000000585. The van der Waals surface area contributed by atoms with Crippen molar-refractivity contribution in [2.45, 2.75) is 58.4 Å². The zero-order valence-corrected chi connectivity index (χ0v) is 60.2. The van der Waals surface area contributed by atoms with E-state index >= 15 is 0 Å². The molecule has 3 aromatic heterocycles. The number of carboxylic acids is 1. The van der Waals surface area contributed by atoms with Crippen molar-refractivity contribution in [1.82, 2.24) is 55.0 Å². The molecule has 5 aromatic carbocycles. The van der Waals surface area contributed by atoms with Crippen LogP contribution in [0.15, 0.2) is 141 Å². The van der Waals surface area contributed by atoms with Crippen LogP contribution in [0, 0.1) is 0 Å². The topological polar surface area (TPSA) is 436 Å². The quantitative estimate of drug-likeness (QED) is 0.00512. The van der Waals surface area contributed by atoms with Gasteiger partial charge in [0.1, 0.15) is 19.0 Å². The number of aromatic amines is 3. The van der Waals surface area contributed by atoms with Gasteiger partial charge < -0.3 is 31.2 Å². The van der Waals surface area contributed by atoms with Gasteiger partial charge in [-0.3, -0.25) is 57.5 Å². The molecule has 0 aliphatic carbocycles. The van der Waals surface area contributed by atoms with E-state index in [0.717, 1.165) is 9.13 Å². The third kappa shape index (κ3) is 35.8. The molecule has 9 N–H and O–H groups in total. The predicted molar refractivity (Wildman–Crippen MR) is 367 cm³/mol. The number of ether oxygens (including phenoxy) is 3. The summed E-state index contributed by atoms with van der Waals surface area (Å²) in [5, 5.41) is 40.1.